The molecule has 0 aliphatic heterocycles. The lowest BCUT2D eigenvalue weighted by Crippen LogP contribution is -2.17. The SMILES string of the molecule is O=C(NN=Cc1ccccc1F)c1cn[nH]c1-c1cccs1. The van der Waals surface area contributed by atoms with Crippen molar-refractivity contribution in [1.82, 2.24) is 15.6 Å². The molecule has 2 aromatic heterocycles. The van der Waals surface area contributed by atoms with Crippen LogP contribution in [0.5, 0.6) is 0 Å². The van der Waals surface area contributed by atoms with Gasteiger partial charge in [-0.05, 0) is 17.5 Å². The molecule has 7 heteroatoms. The summed E-state index contributed by atoms with van der Waals surface area (Å²) >= 11 is 1.50. The number of benzene rings is 1. The van der Waals surface area contributed by atoms with Crippen molar-refractivity contribution in [3.05, 3.63) is 64.9 Å². The predicted molar refractivity (Wildman–Crippen MR) is 83.4 cm³/mol. The van der Waals surface area contributed by atoms with Crippen LogP contribution < -0.4 is 5.43 Å². The van der Waals surface area contributed by atoms with Crippen LogP contribution >= 0.6 is 11.3 Å². The second-order valence-corrected chi connectivity index (χ2v) is 5.30. The highest BCUT2D eigenvalue weighted by Crippen LogP contribution is 2.25. The maximum atomic E-state index is 13.4. The Morgan fingerprint density at radius 2 is 2.18 bits per heavy atom. The summed E-state index contributed by atoms with van der Waals surface area (Å²) in [5.74, 6) is -0.812. The molecule has 0 atom stereocenters. The second kappa shape index (κ2) is 6.31. The molecule has 2 N–H and O–H groups in total. The summed E-state index contributed by atoms with van der Waals surface area (Å²) in [5.41, 5.74) is 3.69. The lowest BCUT2D eigenvalue weighted by atomic mass is 10.2. The number of carbonyl (C=O) groups is 1. The fourth-order valence-electron chi connectivity index (χ4n) is 1.87. The van der Waals surface area contributed by atoms with Gasteiger partial charge in [0.25, 0.3) is 5.91 Å². The number of nitrogens with one attached hydrogen (secondary N) is 2. The molecule has 110 valence electrons. The molecular formula is C15H11FN4OS. The zero-order chi connectivity index (χ0) is 15.4. The first-order valence-corrected chi connectivity index (χ1v) is 7.29. The molecule has 1 amide bonds. The van der Waals surface area contributed by atoms with Crippen LogP contribution in [-0.4, -0.2) is 22.3 Å². The summed E-state index contributed by atoms with van der Waals surface area (Å²) in [6, 6.07) is 9.95. The number of amides is 1. The molecular weight excluding hydrogens is 303 g/mol. The van der Waals surface area contributed by atoms with Crippen molar-refractivity contribution >= 4 is 23.5 Å². The van der Waals surface area contributed by atoms with Gasteiger partial charge >= 0.3 is 0 Å². The van der Waals surface area contributed by atoms with Gasteiger partial charge in [0.15, 0.2) is 0 Å². The average Bonchev–Trinajstić information content (AvgIpc) is 3.19. The van der Waals surface area contributed by atoms with Crippen molar-refractivity contribution in [2.45, 2.75) is 0 Å². The number of rotatable bonds is 4. The molecule has 0 bridgehead atoms. The topological polar surface area (TPSA) is 70.1 Å². The minimum absolute atomic E-state index is 0.300. The van der Waals surface area contributed by atoms with E-state index in [1.54, 1.807) is 18.2 Å². The van der Waals surface area contributed by atoms with Crippen molar-refractivity contribution in [2.24, 2.45) is 5.10 Å². The number of aromatic amines is 1. The zero-order valence-electron chi connectivity index (χ0n) is 11.3. The van der Waals surface area contributed by atoms with Crippen molar-refractivity contribution in [1.29, 1.82) is 0 Å². The number of aromatic nitrogens is 2. The molecule has 0 fully saturated rings. The molecule has 0 saturated carbocycles. The van der Waals surface area contributed by atoms with E-state index < -0.39 is 11.7 Å². The summed E-state index contributed by atoms with van der Waals surface area (Å²) in [4.78, 5) is 13.0. The van der Waals surface area contributed by atoms with Gasteiger partial charge in [-0.1, -0.05) is 24.3 Å². The molecule has 1 aromatic carbocycles. The Morgan fingerprint density at radius 1 is 1.32 bits per heavy atom. The van der Waals surface area contributed by atoms with E-state index in [0.717, 1.165) is 4.88 Å². The molecule has 0 radical (unpaired) electrons. The highest BCUT2D eigenvalue weighted by atomic mass is 32.1. The van der Waals surface area contributed by atoms with Crippen LogP contribution in [0.15, 0.2) is 53.1 Å². The highest BCUT2D eigenvalue weighted by Gasteiger charge is 2.15. The van der Waals surface area contributed by atoms with E-state index in [2.05, 4.69) is 20.7 Å². The summed E-state index contributed by atoms with van der Waals surface area (Å²) in [6.45, 7) is 0. The number of nitrogens with zero attached hydrogens (tertiary/aromatic N) is 2. The van der Waals surface area contributed by atoms with E-state index in [0.29, 0.717) is 16.8 Å². The first-order valence-electron chi connectivity index (χ1n) is 6.41. The van der Waals surface area contributed by atoms with Crippen LogP contribution in [0.2, 0.25) is 0 Å². The van der Waals surface area contributed by atoms with Crippen molar-refractivity contribution in [2.75, 3.05) is 0 Å². The summed E-state index contributed by atoms with van der Waals surface area (Å²) in [7, 11) is 0. The minimum Gasteiger partial charge on any atom is -0.276 e. The van der Waals surface area contributed by atoms with Crippen molar-refractivity contribution in [3.63, 3.8) is 0 Å². The van der Waals surface area contributed by atoms with Gasteiger partial charge < -0.3 is 0 Å². The Bertz CT molecular complexity index is 811. The molecule has 0 spiro atoms. The lowest BCUT2D eigenvalue weighted by molar-refractivity contribution is 0.0956. The number of carbonyl (C=O) groups excluding carboxylic acids is 1. The van der Waals surface area contributed by atoms with Crippen LogP contribution in [-0.2, 0) is 0 Å². The maximum absolute atomic E-state index is 13.4. The minimum atomic E-state index is -0.412. The number of hydrogen-bond acceptors (Lipinski definition) is 4. The number of thiophene rings is 1. The van der Waals surface area contributed by atoms with Gasteiger partial charge in [-0.3, -0.25) is 9.89 Å². The van der Waals surface area contributed by atoms with Crippen molar-refractivity contribution < 1.29 is 9.18 Å². The Balaban J connectivity index is 1.74. The van der Waals surface area contributed by atoms with E-state index >= 15 is 0 Å². The Kier molecular flexibility index (Phi) is 4.06. The molecule has 3 rings (SSSR count). The molecule has 22 heavy (non-hydrogen) atoms. The highest BCUT2D eigenvalue weighted by molar-refractivity contribution is 7.13. The average molecular weight is 314 g/mol. The fraction of sp³-hybridized carbons (Fsp3) is 0. The predicted octanol–water partition coefficient (Wildman–Crippen LogP) is 3.04. The summed E-state index contributed by atoms with van der Waals surface area (Å²) < 4.78 is 13.4. The quantitative estimate of drug-likeness (QED) is 0.574. The van der Waals surface area contributed by atoms with Crippen LogP contribution in [0, 0.1) is 5.82 Å². The summed E-state index contributed by atoms with van der Waals surface area (Å²) in [6.07, 6.45) is 2.70. The molecule has 0 aliphatic carbocycles. The maximum Gasteiger partial charge on any atom is 0.275 e. The molecule has 0 aliphatic rings. The van der Waals surface area contributed by atoms with E-state index in [9.17, 15) is 9.18 Å². The molecule has 5 nitrogen and oxygen atoms in total. The molecule has 0 saturated heterocycles. The van der Waals surface area contributed by atoms with E-state index in [1.807, 2.05) is 17.5 Å². The molecule has 2 heterocycles. The Hall–Kier alpha value is -2.80. The van der Waals surface area contributed by atoms with Crippen molar-refractivity contribution in [3.8, 4) is 10.6 Å². The van der Waals surface area contributed by atoms with Crippen LogP contribution in [0.4, 0.5) is 4.39 Å². The van der Waals surface area contributed by atoms with Crippen LogP contribution in [0.3, 0.4) is 0 Å². The number of hydrazone groups is 1. The summed E-state index contributed by atoms with van der Waals surface area (Å²) in [5, 5.41) is 12.4. The van der Waals surface area contributed by atoms with Gasteiger partial charge in [-0.25, -0.2) is 9.82 Å². The number of H-pyrrole nitrogens is 1. The third kappa shape index (κ3) is 2.94. The number of hydrogen-bond donors (Lipinski definition) is 2. The third-order valence-electron chi connectivity index (χ3n) is 2.93. The standard InChI is InChI=1S/C15H11FN4OS/c16-12-5-2-1-4-10(12)8-17-20-15(21)11-9-18-19-14(11)13-6-3-7-22-13/h1-9H,(H,18,19)(H,20,21). The van der Waals surface area contributed by atoms with E-state index in [-0.39, 0.29) is 0 Å². The monoisotopic (exact) mass is 314 g/mol. The third-order valence-corrected chi connectivity index (χ3v) is 3.81. The Labute approximate surface area is 129 Å². The first kappa shape index (κ1) is 14.2. The zero-order valence-corrected chi connectivity index (χ0v) is 12.1. The van der Waals surface area contributed by atoms with E-state index in [1.165, 1.54) is 29.8 Å². The normalized spacial score (nSPS) is 11.0. The van der Waals surface area contributed by atoms with Gasteiger partial charge in [0.1, 0.15) is 5.82 Å². The first-order chi connectivity index (χ1) is 10.8. The molecule has 0 unspecified atom stereocenters. The van der Waals surface area contributed by atoms with Gasteiger partial charge in [0, 0.05) is 5.56 Å². The van der Waals surface area contributed by atoms with Gasteiger partial charge in [0.05, 0.1) is 28.5 Å². The van der Waals surface area contributed by atoms with Gasteiger partial charge in [-0.15, -0.1) is 11.3 Å². The lowest BCUT2D eigenvalue weighted by Gasteiger charge is -2.00. The van der Waals surface area contributed by atoms with Gasteiger partial charge in [-0.2, -0.15) is 10.2 Å². The number of halogens is 1. The van der Waals surface area contributed by atoms with Gasteiger partial charge in [0.2, 0.25) is 0 Å². The fourth-order valence-corrected chi connectivity index (χ4v) is 2.60. The largest absolute Gasteiger partial charge is 0.276 e. The van der Waals surface area contributed by atoms with Crippen LogP contribution in [0.25, 0.3) is 10.6 Å². The van der Waals surface area contributed by atoms with E-state index in [4.69, 9.17) is 0 Å². The molecule has 3 aromatic rings. The second-order valence-electron chi connectivity index (χ2n) is 4.36. The Morgan fingerprint density at radius 3 is 2.95 bits per heavy atom. The smallest absolute Gasteiger partial charge is 0.275 e. The van der Waals surface area contributed by atoms with Crippen LogP contribution in [0.1, 0.15) is 15.9 Å².